The fourth-order valence-electron chi connectivity index (χ4n) is 2.18. The number of methoxy groups -OCH3 is 1. The van der Waals surface area contributed by atoms with E-state index in [2.05, 4.69) is 0 Å². The van der Waals surface area contributed by atoms with Crippen LogP contribution in [0.3, 0.4) is 0 Å². The van der Waals surface area contributed by atoms with Gasteiger partial charge in [-0.25, -0.2) is 0 Å². The minimum atomic E-state index is -4.09. The third kappa shape index (κ3) is 4.05. The van der Waals surface area contributed by atoms with Gasteiger partial charge in [-0.1, -0.05) is 25.5 Å². The summed E-state index contributed by atoms with van der Waals surface area (Å²) in [7, 11) is -2.67. The van der Waals surface area contributed by atoms with Crippen LogP contribution in [0.1, 0.15) is 29.3 Å². The largest absolute Gasteiger partial charge is 0.497 e. The maximum Gasteiger partial charge on any atom is 0.339 e. The molecule has 0 spiro atoms. The minimum Gasteiger partial charge on any atom is -0.497 e. The predicted octanol–water partition coefficient (Wildman–Crippen LogP) is 2.51. The molecule has 24 heavy (non-hydrogen) atoms. The summed E-state index contributed by atoms with van der Waals surface area (Å²) in [5.41, 5.74) is 6.26. The molecule has 6 nitrogen and oxygen atoms in total. The van der Waals surface area contributed by atoms with Crippen LogP contribution in [0.5, 0.6) is 11.5 Å². The Morgan fingerprint density at radius 2 is 1.79 bits per heavy atom. The molecule has 0 aliphatic heterocycles. The van der Waals surface area contributed by atoms with Crippen molar-refractivity contribution in [1.82, 2.24) is 0 Å². The number of ether oxygens (including phenoxy) is 1. The Labute approximate surface area is 141 Å². The van der Waals surface area contributed by atoms with Crippen molar-refractivity contribution in [2.45, 2.75) is 24.7 Å². The van der Waals surface area contributed by atoms with Crippen LogP contribution in [0.25, 0.3) is 0 Å². The van der Waals surface area contributed by atoms with Crippen LogP contribution in [0.4, 0.5) is 0 Å². The summed E-state index contributed by atoms with van der Waals surface area (Å²) in [5, 5.41) is 0. The van der Waals surface area contributed by atoms with Crippen LogP contribution in [-0.2, 0) is 16.5 Å². The smallest absolute Gasteiger partial charge is 0.339 e. The zero-order chi connectivity index (χ0) is 17.7. The SMILES string of the molecule is CCCc1ccc(S(=O)(=O)Oc2cc(OC)ccc2C(N)=O)cc1. The summed E-state index contributed by atoms with van der Waals surface area (Å²) < 4.78 is 35.0. The third-order valence-corrected chi connectivity index (χ3v) is 4.65. The highest BCUT2D eigenvalue weighted by Crippen LogP contribution is 2.27. The first-order valence-electron chi connectivity index (χ1n) is 7.38. The summed E-state index contributed by atoms with van der Waals surface area (Å²) in [5.74, 6) is -0.607. The van der Waals surface area contributed by atoms with Crippen molar-refractivity contribution in [3.05, 3.63) is 53.6 Å². The molecule has 0 aliphatic rings. The molecule has 0 saturated carbocycles. The zero-order valence-corrected chi connectivity index (χ0v) is 14.3. The van der Waals surface area contributed by atoms with E-state index in [0.717, 1.165) is 18.4 Å². The van der Waals surface area contributed by atoms with E-state index >= 15 is 0 Å². The predicted molar refractivity (Wildman–Crippen MR) is 89.8 cm³/mol. The van der Waals surface area contributed by atoms with Gasteiger partial charge in [0, 0.05) is 6.07 Å². The summed E-state index contributed by atoms with van der Waals surface area (Å²) in [6.45, 7) is 2.04. The molecule has 0 bridgehead atoms. The van der Waals surface area contributed by atoms with E-state index in [1.54, 1.807) is 12.1 Å². The van der Waals surface area contributed by atoms with Gasteiger partial charge in [0.2, 0.25) is 0 Å². The van der Waals surface area contributed by atoms with Crippen molar-refractivity contribution in [2.75, 3.05) is 7.11 Å². The van der Waals surface area contributed by atoms with Crippen LogP contribution in [-0.4, -0.2) is 21.4 Å². The average molecular weight is 349 g/mol. The highest BCUT2D eigenvalue weighted by atomic mass is 32.2. The van der Waals surface area contributed by atoms with Crippen LogP contribution < -0.4 is 14.7 Å². The lowest BCUT2D eigenvalue weighted by Gasteiger charge is -2.11. The van der Waals surface area contributed by atoms with Crippen LogP contribution in [0, 0.1) is 0 Å². The van der Waals surface area contributed by atoms with Gasteiger partial charge in [0.25, 0.3) is 5.91 Å². The molecule has 2 aromatic carbocycles. The second-order valence-electron chi connectivity index (χ2n) is 5.16. The molecule has 1 amide bonds. The Morgan fingerprint density at radius 1 is 1.12 bits per heavy atom. The van der Waals surface area contributed by atoms with E-state index in [1.165, 1.54) is 37.4 Å². The number of nitrogens with two attached hydrogens (primary N) is 1. The van der Waals surface area contributed by atoms with Gasteiger partial charge >= 0.3 is 10.1 Å². The van der Waals surface area contributed by atoms with E-state index in [-0.39, 0.29) is 16.2 Å². The molecule has 0 atom stereocenters. The maximum absolute atomic E-state index is 12.4. The van der Waals surface area contributed by atoms with Crippen molar-refractivity contribution in [3.63, 3.8) is 0 Å². The summed E-state index contributed by atoms with van der Waals surface area (Å²) in [4.78, 5) is 11.5. The van der Waals surface area contributed by atoms with Crippen molar-refractivity contribution in [1.29, 1.82) is 0 Å². The maximum atomic E-state index is 12.4. The van der Waals surface area contributed by atoms with E-state index in [0.29, 0.717) is 5.75 Å². The number of primary amides is 1. The van der Waals surface area contributed by atoms with Crippen LogP contribution in [0.15, 0.2) is 47.4 Å². The molecule has 0 radical (unpaired) electrons. The highest BCUT2D eigenvalue weighted by molar-refractivity contribution is 7.87. The normalized spacial score (nSPS) is 11.1. The lowest BCUT2D eigenvalue weighted by atomic mass is 10.1. The van der Waals surface area contributed by atoms with E-state index in [4.69, 9.17) is 14.7 Å². The van der Waals surface area contributed by atoms with Gasteiger partial charge < -0.3 is 14.7 Å². The molecule has 0 aromatic heterocycles. The molecule has 2 aromatic rings. The second-order valence-corrected chi connectivity index (χ2v) is 6.70. The number of hydrogen-bond donors (Lipinski definition) is 1. The number of amides is 1. The standard InChI is InChI=1S/C17H19NO5S/c1-3-4-12-5-8-14(9-6-12)24(20,21)23-16-11-13(22-2)7-10-15(16)17(18)19/h5-11H,3-4H2,1-2H3,(H2,18,19). The molecular weight excluding hydrogens is 330 g/mol. The number of rotatable bonds is 7. The number of benzene rings is 2. The van der Waals surface area contributed by atoms with E-state index in [1.807, 2.05) is 6.92 Å². The van der Waals surface area contributed by atoms with E-state index < -0.39 is 16.0 Å². The van der Waals surface area contributed by atoms with Crippen molar-refractivity contribution in [3.8, 4) is 11.5 Å². The molecule has 0 aliphatic carbocycles. The Balaban J connectivity index is 2.36. The first-order chi connectivity index (χ1) is 11.4. The number of carbonyl (C=O) groups is 1. The quantitative estimate of drug-likeness (QED) is 0.775. The molecule has 0 fully saturated rings. The molecule has 7 heteroatoms. The van der Waals surface area contributed by atoms with Gasteiger partial charge in [-0.2, -0.15) is 8.42 Å². The highest BCUT2D eigenvalue weighted by Gasteiger charge is 2.21. The van der Waals surface area contributed by atoms with Crippen LogP contribution in [0.2, 0.25) is 0 Å². The lowest BCUT2D eigenvalue weighted by Crippen LogP contribution is -2.16. The van der Waals surface area contributed by atoms with Crippen molar-refractivity contribution < 1.29 is 22.1 Å². The minimum absolute atomic E-state index is 0.000549. The van der Waals surface area contributed by atoms with Crippen LogP contribution >= 0.6 is 0 Å². The van der Waals surface area contributed by atoms with Crippen molar-refractivity contribution in [2.24, 2.45) is 5.73 Å². The third-order valence-electron chi connectivity index (χ3n) is 3.40. The van der Waals surface area contributed by atoms with Gasteiger partial charge in [-0.05, 0) is 36.2 Å². The Hall–Kier alpha value is -2.54. The molecule has 0 heterocycles. The van der Waals surface area contributed by atoms with Gasteiger partial charge in [0.05, 0.1) is 12.7 Å². The Bertz CT molecular complexity index is 829. The van der Waals surface area contributed by atoms with E-state index in [9.17, 15) is 13.2 Å². The van der Waals surface area contributed by atoms with Gasteiger partial charge in [0.15, 0.2) is 5.75 Å². The van der Waals surface area contributed by atoms with Gasteiger partial charge in [-0.3, -0.25) is 4.79 Å². The molecule has 2 N–H and O–H groups in total. The Kier molecular flexibility index (Phi) is 5.46. The Morgan fingerprint density at radius 3 is 2.33 bits per heavy atom. The fourth-order valence-corrected chi connectivity index (χ4v) is 3.12. The summed E-state index contributed by atoms with van der Waals surface area (Å²) in [6.07, 6.45) is 1.83. The number of hydrogen-bond acceptors (Lipinski definition) is 5. The van der Waals surface area contributed by atoms with Crippen molar-refractivity contribution >= 4 is 16.0 Å². The first kappa shape index (κ1) is 17.8. The number of aryl methyl sites for hydroxylation is 1. The first-order valence-corrected chi connectivity index (χ1v) is 8.79. The zero-order valence-electron chi connectivity index (χ0n) is 13.5. The monoisotopic (exact) mass is 349 g/mol. The lowest BCUT2D eigenvalue weighted by molar-refractivity contribution is 0.0999. The fraction of sp³-hybridized carbons (Fsp3) is 0.235. The average Bonchev–Trinajstić information content (AvgIpc) is 2.55. The van der Waals surface area contributed by atoms with Gasteiger partial charge in [-0.15, -0.1) is 0 Å². The molecule has 0 saturated heterocycles. The molecular formula is C17H19NO5S. The molecule has 0 unspecified atom stereocenters. The molecule has 128 valence electrons. The summed E-state index contributed by atoms with van der Waals surface area (Å²) >= 11 is 0. The van der Waals surface area contributed by atoms with Gasteiger partial charge in [0.1, 0.15) is 10.6 Å². The summed E-state index contributed by atoms with van der Waals surface area (Å²) in [6, 6.07) is 10.6. The topological polar surface area (TPSA) is 95.7 Å². The number of carbonyl (C=O) groups excluding carboxylic acids is 1. The second kappa shape index (κ2) is 7.35. The molecule has 2 rings (SSSR count).